The number of likely N-dealkylation sites (N-methyl/N-ethyl adjacent to an activating group) is 1. The zero-order valence-electron chi connectivity index (χ0n) is 9.78. The van der Waals surface area contributed by atoms with Gasteiger partial charge in [-0.05, 0) is 30.5 Å². The Kier molecular flexibility index (Phi) is 3.45. The highest BCUT2D eigenvalue weighted by atomic mass is 35.5. The van der Waals surface area contributed by atoms with Crippen molar-refractivity contribution in [2.24, 2.45) is 0 Å². The van der Waals surface area contributed by atoms with E-state index in [9.17, 15) is 9.90 Å². The zero-order valence-corrected chi connectivity index (χ0v) is 10.5. The van der Waals surface area contributed by atoms with Crippen molar-refractivity contribution in [2.45, 2.75) is 31.3 Å². The Morgan fingerprint density at radius 2 is 2.24 bits per heavy atom. The number of halogens is 1. The maximum Gasteiger partial charge on any atom is 0.258 e. The molecule has 4 nitrogen and oxygen atoms in total. The molecular formula is C12H16ClNO3. The summed E-state index contributed by atoms with van der Waals surface area (Å²) in [7, 11) is 1.67. The van der Waals surface area contributed by atoms with E-state index in [1.807, 2.05) is 0 Å². The summed E-state index contributed by atoms with van der Waals surface area (Å²) in [5, 5.41) is 10.3. The lowest BCUT2D eigenvalue weighted by molar-refractivity contribution is 0.0156. The molecule has 17 heavy (non-hydrogen) atoms. The van der Waals surface area contributed by atoms with E-state index in [4.69, 9.17) is 16.0 Å². The number of hydrogen-bond acceptors (Lipinski definition) is 3. The Morgan fingerprint density at radius 1 is 1.59 bits per heavy atom. The quantitative estimate of drug-likeness (QED) is 0.904. The largest absolute Gasteiger partial charge is 0.452 e. The molecule has 0 saturated heterocycles. The molecule has 0 bridgehead atoms. The van der Waals surface area contributed by atoms with E-state index in [-0.39, 0.29) is 11.1 Å². The molecule has 2 rings (SSSR count). The molecule has 1 aliphatic carbocycles. The predicted molar refractivity (Wildman–Crippen MR) is 64.1 cm³/mol. The van der Waals surface area contributed by atoms with Gasteiger partial charge in [-0.1, -0.05) is 12.8 Å². The van der Waals surface area contributed by atoms with E-state index in [0.717, 1.165) is 25.7 Å². The van der Waals surface area contributed by atoms with Crippen LogP contribution < -0.4 is 0 Å². The average Bonchev–Trinajstić information content (AvgIpc) is 2.86. The molecule has 1 fully saturated rings. The Morgan fingerprint density at radius 3 is 2.76 bits per heavy atom. The summed E-state index contributed by atoms with van der Waals surface area (Å²) in [6.45, 7) is 0.341. The van der Waals surface area contributed by atoms with Crippen LogP contribution >= 0.6 is 11.6 Å². The number of rotatable bonds is 3. The van der Waals surface area contributed by atoms with Crippen molar-refractivity contribution in [3.8, 4) is 0 Å². The molecule has 1 saturated carbocycles. The van der Waals surface area contributed by atoms with Gasteiger partial charge in [-0.2, -0.15) is 0 Å². The van der Waals surface area contributed by atoms with Crippen molar-refractivity contribution in [1.82, 2.24) is 4.90 Å². The first-order valence-corrected chi connectivity index (χ1v) is 6.10. The zero-order chi connectivity index (χ0) is 12.5. The maximum absolute atomic E-state index is 12.0. The molecule has 1 aliphatic rings. The van der Waals surface area contributed by atoms with E-state index in [1.165, 1.54) is 11.2 Å². The van der Waals surface area contributed by atoms with Gasteiger partial charge in [0.25, 0.3) is 5.91 Å². The summed E-state index contributed by atoms with van der Waals surface area (Å²) in [6, 6.07) is 1.54. The average molecular weight is 258 g/mol. The Balaban J connectivity index is 2.03. The Hall–Kier alpha value is -1.00. The number of carbonyl (C=O) groups is 1. The molecule has 94 valence electrons. The molecule has 1 aromatic heterocycles. The van der Waals surface area contributed by atoms with Gasteiger partial charge in [0.2, 0.25) is 5.22 Å². The second kappa shape index (κ2) is 4.70. The van der Waals surface area contributed by atoms with Gasteiger partial charge in [-0.3, -0.25) is 4.79 Å². The summed E-state index contributed by atoms with van der Waals surface area (Å²) in [5.41, 5.74) is -0.392. The monoisotopic (exact) mass is 257 g/mol. The number of amides is 1. The summed E-state index contributed by atoms with van der Waals surface area (Å²) in [6.07, 6.45) is 4.93. The van der Waals surface area contributed by atoms with E-state index < -0.39 is 5.60 Å². The predicted octanol–water partition coefficient (Wildman–Crippen LogP) is 2.31. The van der Waals surface area contributed by atoms with Gasteiger partial charge in [0.15, 0.2) is 0 Å². The molecule has 0 radical (unpaired) electrons. The normalized spacial score (nSPS) is 18.3. The van der Waals surface area contributed by atoms with Gasteiger partial charge in [0.05, 0.1) is 17.4 Å². The van der Waals surface area contributed by atoms with Crippen LogP contribution in [0.25, 0.3) is 0 Å². The fraction of sp³-hybridized carbons (Fsp3) is 0.583. The van der Waals surface area contributed by atoms with Crippen molar-refractivity contribution < 1.29 is 14.3 Å². The van der Waals surface area contributed by atoms with Crippen molar-refractivity contribution in [3.63, 3.8) is 0 Å². The molecule has 5 heteroatoms. The van der Waals surface area contributed by atoms with E-state index >= 15 is 0 Å². The van der Waals surface area contributed by atoms with Crippen LogP contribution in [0.1, 0.15) is 36.0 Å². The lowest BCUT2D eigenvalue weighted by atomic mass is 10.0. The third kappa shape index (κ3) is 2.64. The number of aliphatic hydroxyl groups is 1. The molecule has 0 aliphatic heterocycles. The minimum Gasteiger partial charge on any atom is -0.452 e. The van der Waals surface area contributed by atoms with E-state index in [1.54, 1.807) is 13.1 Å². The number of nitrogens with zero attached hydrogens (tertiary/aromatic N) is 1. The molecule has 0 spiro atoms. The molecule has 1 heterocycles. The lowest BCUT2D eigenvalue weighted by Crippen LogP contribution is -2.42. The maximum atomic E-state index is 12.0. The second-order valence-corrected chi connectivity index (χ2v) is 5.04. The molecule has 1 aromatic rings. The van der Waals surface area contributed by atoms with Gasteiger partial charge in [-0.25, -0.2) is 0 Å². The van der Waals surface area contributed by atoms with Crippen LogP contribution in [0.4, 0.5) is 0 Å². The minimum absolute atomic E-state index is 0.0975. The fourth-order valence-electron chi connectivity index (χ4n) is 2.36. The van der Waals surface area contributed by atoms with Crippen LogP contribution in [0.15, 0.2) is 16.7 Å². The Bertz CT molecular complexity index is 410. The molecule has 0 unspecified atom stereocenters. The first-order chi connectivity index (χ1) is 8.02. The third-order valence-electron chi connectivity index (χ3n) is 3.26. The van der Waals surface area contributed by atoms with Crippen LogP contribution in [0.3, 0.4) is 0 Å². The van der Waals surface area contributed by atoms with Crippen LogP contribution in [0, 0.1) is 0 Å². The first-order valence-electron chi connectivity index (χ1n) is 5.73. The van der Waals surface area contributed by atoms with Gasteiger partial charge in [-0.15, -0.1) is 0 Å². The van der Waals surface area contributed by atoms with Crippen LogP contribution in [0.5, 0.6) is 0 Å². The third-order valence-corrected chi connectivity index (χ3v) is 3.55. The van der Waals surface area contributed by atoms with Crippen LogP contribution in [-0.4, -0.2) is 35.1 Å². The van der Waals surface area contributed by atoms with Gasteiger partial charge < -0.3 is 14.4 Å². The first kappa shape index (κ1) is 12.5. The number of furan rings is 1. The Labute approximate surface area is 105 Å². The highest BCUT2D eigenvalue weighted by Gasteiger charge is 2.34. The number of carbonyl (C=O) groups excluding carboxylic acids is 1. The lowest BCUT2D eigenvalue weighted by Gasteiger charge is -2.28. The fourth-order valence-corrected chi connectivity index (χ4v) is 2.55. The summed E-state index contributed by atoms with van der Waals surface area (Å²) < 4.78 is 4.89. The van der Waals surface area contributed by atoms with Crippen LogP contribution in [0.2, 0.25) is 5.22 Å². The van der Waals surface area contributed by atoms with Crippen molar-refractivity contribution in [1.29, 1.82) is 0 Å². The summed E-state index contributed by atoms with van der Waals surface area (Å²) in [4.78, 5) is 13.5. The molecule has 1 amide bonds. The highest BCUT2D eigenvalue weighted by molar-refractivity contribution is 6.32. The SMILES string of the molecule is CN(CC1(O)CCCC1)C(=O)c1ccoc1Cl. The number of hydrogen-bond donors (Lipinski definition) is 1. The van der Waals surface area contributed by atoms with Gasteiger partial charge >= 0.3 is 0 Å². The van der Waals surface area contributed by atoms with Gasteiger partial charge in [0, 0.05) is 13.6 Å². The molecule has 0 atom stereocenters. The smallest absolute Gasteiger partial charge is 0.258 e. The topological polar surface area (TPSA) is 53.7 Å². The summed E-state index contributed by atoms with van der Waals surface area (Å²) in [5.74, 6) is -0.218. The van der Waals surface area contributed by atoms with Crippen molar-refractivity contribution in [2.75, 3.05) is 13.6 Å². The van der Waals surface area contributed by atoms with Crippen molar-refractivity contribution >= 4 is 17.5 Å². The van der Waals surface area contributed by atoms with Crippen molar-refractivity contribution in [3.05, 3.63) is 23.1 Å². The standard InChI is InChI=1S/C12H16ClNO3/c1-14(8-12(16)5-2-3-6-12)11(15)9-4-7-17-10(9)13/h4,7,16H,2-3,5-6,8H2,1H3. The molecular weight excluding hydrogens is 242 g/mol. The minimum atomic E-state index is -0.735. The van der Waals surface area contributed by atoms with Gasteiger partial charge in [0.1, 0.15) is 0 Å². The van der Waals surface area contributed by atoms with E-state index in [2.05, 4.69) is 0 Å². The summed E-state index contributed by atoms with van der Waals surface area (Å²) >= 11 is 5.75. The molecule has 1 N–H and O–H groups in total. The molecule has 0 aromatic carbocycles. The van der Waals surface area contributed by atoms with E-state index in [0.29, 0.717) is 12.1 Å². The second-order valence-electron chi connectivity index (χ2n) is 4.70. The highest BCUT2D eigenvalue weighted by Crippen LogP contribution is 2.30. The van der Waals surface area contributed by atoms with Crippen LogP contribution in [-0.2, 0) is 0 Å².